The van der Waals surface area contributed by atoms with Crippen LogP contribution in [0.5, 0.6) is 0 Å². The number of hydrogen-bond donors (Lipinski definition) is 3. The molecule has 2 aromatic rings. The van der Waals surface area contributed by atoms with Gasteiger partial charge < -0.3 is 16.0 Å². The zero-order chi connectivity index (χ0) is 19.9. The Kier molecular flexibility index (Phi) is 6.54. The number of anilines is 2. The van der Waals surface area contributed by atoms with Crippen LogP contribution >= 0.6 is 0 Å². The molecule has 1 saturated heterocycles. The van der Waals surface area contributed by atoms with Crippen LogP contribution in [0.25, 0.3) is 0 Å². The van der Waals surface area contributed by atoms with Gasteiger partial charge in [-0.25, -0.2) is 9.18 Å². The molecule has 148 valence electrons. The van der Waals surface area contributed by atoms with Gasteiger partial charge in [-0.3, -0.25) is 14.7 Å². The molecule has 0 saturated carbocycles. The lowest BCUT2D eigenvalue weighted by molar-refractivity contribution is -0.114. The monoisotopic (exact) mass is 385 g/mol. The van der Waals surface area contributed by atoms with E-state index in [0.29, 0.717) is 5.69 Å². The first-order chi connectivity index (χ1) is 13.5. The predicted molar refractivity (Wildman–Crippen MR) is 105 cm³/mol. The summed E-state index contributed by atoms with van der Waals surface area (Å²) >= 11 is 0. The average Bonchev–Trinajstić information content (AvgIpc) is 2.65. The van der Waals surface area contributed by atoms with Gasteiger partial charge in [0.25, 0.3) is 0 Å². The molecule has 2 heterocycles. The molecular weight excluding hydrogens is 361 g/mol. The highest BCUT2D eigenvalue weighted by atomic mass is 19.1. The standard InChI is InChI=1S/C20H24FN5O2/c1-14(27)23-16-6-7-18(21)19(10-16)25-20(28)24-17-5-3-9-26(13-17)12-15-4-2-8-22-11-15/h2,4,6-8,10-11,17H,3,5,9,12-13H2,1H3,(H,23,27)(H2,24,25,28)/t17-/m0/s1. The molecule has 0 unspecified atom stereocenters. The number of carbonyl (C=O) groups excluding carboxylic acids is 2. The Balaban J connectivity index is 1.55. The highest BCUT2D eigenvalue weighted by Crippen LogP contribution is 2.20. The minimum Gasteiger partial charge on any atom is -0.334 e. The van der Waals surface area contributed by atoms with Crippen LogP contribution in [0.1, 0.15) is 25.3 Å². The van der Waals surface area contributed by atoms with Crippen LogP contribution in [0.4, 0.5) is 20.6 Å². The average molecular weight is 385 g/mol. The van der Waals surface area contributed by atoms with Gasteiger partial charge >= 0.3 is 6.03 Å². The lowest BCUT2D eigenvalue weighted by Crippen LogP contribution is -2.48. The molecule has 7 nitrogen and oxygen atoms in total. The van der Waals surface area contributed by atoms with Crippen LogP contribution in [-0.4, -0.2) is 41.0 Å². The molecule has 1 aliphatic rings. The first-order valence-corrected chi connectivity index (χ1v) is 9.25. The van der Waals surface area contributed by atoms with Crippen molar-refractivity contribution < 1.29 is 14.0 Å². The molecule has 3 rings (SSSR count). The topological polar surface area (TPSA) is 86.4 Å². The number of nitrogens with one attached hydrogen (secondary N) is 3. The first kappa shape index (κ1) is 19.8. The molecule has 3 amide bonds. The maximum atomic E-state index is 14.0. The number of carbonyl (C=O) groups is 2. The Bertz CT molecular complexity index is 831. The molecule has 1 atom stereocenters. The second-order valence-corrected chi connectivity index (χ2v) is 6.91. The van der Waals surface area contributed by atoms with E-state index in [1.54, 1.807) is 6.20 Å². The predicted octanol–water partition coefficient (Wildman–Crippen LogP) is 2.97. The molecule has 1 aliphatic heterocycles. The fourth-order valence-electron chi connectivity index (χ4n) is 3.31. The third-order valence-corrected chi connectivity index (χ3v) is 4.50. The van der Waals surface area contributed by atoms with Crippen molar-refractivity contribution in [2.24, 2.45) is 0 Å². The number of benzene rings is 1. The highest BCUT2D eigenvalue weighted by molar-refractivity contribution is 5.92. The zero-order valence-electron chi connectivity index (χ0n) is 15.7. The van der Waals surface area contributed by atoms with Gasteiger partial charge in [-0.2, -0.15) is 0 Å². The van der Waals surface area contributed by atoms with Gasteiger partial charge in [0.1, 0.15) is 5.82 Å². The maximum absolute atomic E-state index is 14.0. The van der Waals surface area contributed by atoms with Crippen LogP contribution in [0, 0.1) is 5.82 Å². The van der Waals surface area contributed by atoms with E-state index in [0.717, 1.165) is 38.0 Å². The Hall–Kier alpha value is -3.00. The molecule has 3 N–H and O–H groups in total. The summed E-state index contributed by atoms with van der Waals surface area (Å²) in [4.78, 5) is 29.9. The third-order valence-electron chi connectivity index (χ3n) is 4.50. The molecule has 1 fully saturated rings. The fourth-order valence-corrected chi connectivity index (χ4v) is 3.31. The van der Waals surface area contributed by atoms with E-state index in [1.807, 2.05) is 18.3 Å². The van der Waals surface area contributed by atoms with Crippen molar-refractivity contribution in [1.29, 1.82) is 0 Å². The quantitative estimate of drug-likeness (QED) is 0.739. The van der Waals surface area contributed by atoms with Crippen molar-refractivity contribution in [3.63, 3.8) is 0 Å². The molecule has 0 aliphatic carbocycles. The van der Waals surface area contributed by atoms with Crippen LogP contribution in [0.2, 0.25) is 0 Å². The van der Waals surface area contributed by atoms with Crippen molar-refractivity contribution in [3.8, 4) is 0 Å². The minimum absolute atomic E-state index is 0.0202. The van der Waals surface area contributed by atoms with E-state index in [4.69, 9.17) is 0 Å². The SMILES string of the molecule is CC(=O)Nc1ccc(F)c(NC(=O)N[C@H]2CCCN(Cc3cccnc3)C2)c1. The Morgan fingerprint density at radius 2 is 2.14 bits per heavy atom. The molecule has 0 radical (unpaired) electrons. The summed E-state index contributed by atoms with van der Waals surface area (Å²) < 4.78 is 14.0. The summed E-state index contributed by atoms with van der Waals surface area (Å²) in [6, 6.07) is 7.49. The lowest BCUT2D eigenvalue weighted by atomic mass is 10.1. The number of likely N-dealkylation sites (tertiary alicyclic amines) is 1. The van der Waals surface area contributed by atoms with Crippen molar-refractivity contribution in [2.45, 2.75) is 32.4 Å². The normalized spacial score (nSPS) is 17.0. The minimum atomic E-state index is -0.564. The summed E-state index contributed by atoms with van der Waals surface area (Å²) in [5, 5.41) is 8.01. The second kappa shape index (κ2) is 9.27. The molecule has 0 spiro atoms. The number of aromatic nitrogens is 1. The van der Waals surface area contributed by atoms with Gasteiger partial charge in [-0.1, -0.05) is 6.07 Å². The zero-order valence-corrected chi connectivity index (χ0v) is 15.7. The van der Waals surface area contributed by atoms with Gasteiger partial charge in [-0.15, -0.1) is 0 Å². The molecule has 1 aromatic heterocycles. The van der Waals surface area contributed by atoms with E-state index < -0.39 is 11.8 Å². The van der Waals surface area contributed by atoms with E-state index in [-0.39, 0.29) is 17.6 Å². The van der Waals surface area contributed by atoms with Crippen molar-refractivity contribution in [3.05, 3.63) is 54.1 Å². The lowest BCUT2D eigenvalue weighted by Gasteiger charge is -2.33. The van der Waals surface area contributed by atoms with Crippen LogP contribution in [0.3, 0.4) is 0 Å². The van der Waals surface area contributed by atoms with Crippen LogP contribution in [-0.2, 0) is 11.3 Å². The van der Waals surface area contributed by atoms with Crippen molar-refractivity contribution in [1.82, 2.24) is 15.2 Å². The Labute approximate surface area is 163 Å². The number of urea groups is 1. The summed E-state index contributed by atoms with van der Waals surface area (Å²) in [6.07, 6.45) is 5.42. The van der Waals surface area contributed by atoms with E-state index in [1.165, 1.54) is 25.1 Å². The summed E-state index contributed by atoms with van der Waals surface area (Å²) in [5.41, 5.74) is 1.57. The van der Waals surface area contributed by atoms with E-state index >= 15 is 0 Å². The van der Waals surface area contributed by atoms with Gasteiger partial charge in [0, 0.05) is 44.1 Å². The Morgan fingerprint density at radius 3 is 2.89 bits per heavy atom. The van der Waals surface area contributed by atoms with Gasteiger partial charge in [0.2, 0.25) is 5.91 Å². The van der Waals surface area contributed by atoms with Crippen LogP contribution in [0.15, 0.2) is 42.7 Å². The van der Waals surface area contributed by atoms with Gasteiger partial charge in [0.05, 0.1) is 5.69 Å². The number of amides is 3. The molecule has 0 bridgehead atoms. The number of piperidine rings is 1. The van der Waals surface area contributed by atoms with E-state index in [9.17, 15) is 14.0 Å². The fraction of sp³-hybridized carbons (Fsp3) is 0.350. The van der Waals surface area contributed by atoms with Crippen LogP contribution < -0.4 is 16.0 Å². The number of nitrogens with zero attached hydrogens (tertiary/aromatic N) is 2. The highest BCUT2D eigenvalue weighted by Gasteiger charge is 2.22. The number of hydrogen-bond acceptors (Lipinski definition) is 4. The molecular formula is C20H24FN5O2. The summed E-state index contributed by atoms with van der Waals surface area (Å²) in [7, 11) is 0. The van der Waals surface area contributed by atoms with Crippen molar-refractivity contribution >= 4 is 23.3 Å². The maximum Gasteiger partial charge on any atom is 0.319 e. The number of pyridine rings is 1. The number of halogens is 1. The molecule has 28 heavy (non-hydrogen) atoms. The van der Waals surface area contributed by atoms with Gasteiger partial charge in [0.15, 0.2) is 0 Å². The molecule has 8 heteroatoms. The largest absolute Gasteiger partial charge is 0.334 e. The molecule has 1 aromatic carbocycles. The van der Waals surface area contributed by atoms with Gasteiger partial charge in [-0.05, 0) is 49.2 Å². The number of rotatable bonds is 5. The smallest absolute Gasteiger partial charge is 0.319 e. The van der Waals surface area contributed by atoms with Crippen molar-refractivity contribution in [2.75, 3.05) is 23.7 Å². The Morgan fingerprint density at radius 1 is 1.29 bits per heavy atom. The second-order valence-electron chi connectivity index (χ2n) is 6.91. The first-order valence-electron chi connectivity index (χ1n) is 9.25. The third kappa shape index (κ3) is 5.75. The van der Waals surface area contributed by atoms with E-state index in [2.05, 4.69) is 25.8 Å². The summed E-state index contributed by atoms with van der Waals surface area (Å²) in [5.74, 6) is -0.830. The summed E-state index contributed by atoms with van der Waals surface area (Å²) in [6.45, 7) is 3.82.